The summed E-state index contributed by atoms with van der Waals surface area (Å²) in [5, 5.41) is 2.74. The van der Waals surface area contributed by atoms with Crippen LogP contribution in [-0.2, 0) is 9.84 Å². The van der Waals surface area contributed by atoms with Crippen molar-refractivity contribution in [2.45, 2.75) is 43.0 Å². The molecule has 0 unspecified atom stereocenters. The molecule has 1 aromatic heterocycles. The first kappa shape index (κ1) is 19.3. The highest BCUT2D eigenvalue weighted by molar-refractivity contribution is 7.90. The summed E-state index contributed by atoms with van der Waals surface area (Å²) in [6, 6.07) is 8.18. The number of nitrogens with one attached hydrogen (secondary N) is 1. The predicted molar refractivity (Wildman–Crippen MR) is 105 cm³/mol. The van der Waals surface area contributed by atoms with Gasteiger partial charge in [0.2, 0.25) is 0 Å². The highest BCUT2D eigenvalue weighted by Crippen LogP contribution is 2.25. The number of amides is 1. The summed E-state index contributed by atoms with van der Waals surface area (Å²) in [5.74, 6) is 0.372. The third kappa shape index (κ3) is 4.82. The van der Waals surface area contributed by atoms with E-state index in [9.17, 15) is 13.2 Å². The van der Waals surface area contributed by atoms with Crippen LogP contribution in [0, 0.1) is 0 Å². The lowest BCUT2D eigenvalue weighted by molar-refractivity contribution is 0.102. The van der Waals surface area contributed by atoms with Gasteiger partial charge in [0, 0.05) is 31.1 Å². The topological polar surface area (TPSA) is 92.3 Å². The van der Waals surface area contributed by atoms with Crippen molar-refractivity contribution in [2.24, 2.45) is 0 Å². The lowest BCUT2D eigenvalue weighted by Crippen LogP contribution is -2.34. The van der Waals surface area contributed by atoms with E-state index in [1.54, 1.807) is 18.2 Å². The number of hydrogen-bond acceptors (Lipinski definition) is 6. The maximum atomic E-state index is 12.5. The number of sulfone groups is 1. The Morgan fingerprint density at radius 1 is 1.11 bits per heavy atom. The number of carbonyl (C=O) groups is 1. The minimum Gasteiger partial charge on any atom is -0.357 e. The normalized spacial score (nSPS) is 15.3. The van der Waals surface area contributed by atoms with Crippen LogP contribution in [0.15, 0.2) is 41.6 Å². The SMILES string of the molecule is CN(c1cc(C(=O)Nc2ccc(S(C)(=O)=O)cc2)ncn1)C1CCCCC1. The van der Waals surface area contributed by atoms with Gasteiger partial charge in [-0.1, -0.05) is 19.3 Å². The molecule has 2 aromatic rings. The molecule has 27 heavy (non-hydrogen) atoms. The molecule has 1 aromatic carbocycles. The predicted octanol–water partition coefficient (Wildman–Crippen LogP) is 2.90. The first-order valence-electron chi connectivity index (χ1n) is 9.01. The Bertz CT molecular complexity index is 907. The van der Waals surface area contributed by atoms with E-state index in [2.05, 4.69) is 20.2 Å². The van der Waals surface area contributed by atoms with Crippen LogP contribution in [0.4, 0.5) is 11.5 Å². The molecule has 1 amide bonds. The molecule has 8 heteroatoms. The highest BCUT2D eigenvalue weighted by atomic mass is 32.2. The lowest BCUT2D eigenvalue weighted by atomic mass is 9.94. The minimum absolute atomic E-state index is 0.207. The molecule has 0 aliphatic heterocycles. The molecular weight excluding hydrogens is 364 g/mol. The number of carbonyl (C=O) groups excluding carboxylic acids is 1. The second kappa shape index (κ2) is 8.04. The third-order valence-corrected chi connectivity index (χ3v) is 6.04. The Hall–Kier alpha value is -2.48. The Balaban J connectivity index is 1.71. The van der Waals surface area contributed by atoms with Gasteiger partial charge >= 0.3 is 0 Å². The Morgan fingerprint density at radius 2 is 1.78 bits per heavy atom. The Morgan fingerprint density at radius 3 is 2.41 bits per heavy atom. The van der Waals surface area contributed by atoms with E-state index in [1.165, 1.54) is 37.7 Å². The molecular formula is C19H24N4O3S. The highest BCUT2D eigenvalue weighted by Gasteiger charge is 2.20. The van der Waals surface area contributed by atoms with Crippen molar-refractivity contribution < 1.29 is 13.2 Å². The number of hydrogen-bond donors (Lipinski definition) is 1. The number of nitrogens with zero attached hydrogens (tertiary/aromatic N) is 3. The van der Waals surface area contributed by atoms with E-state index in [0.29, 0.717) is 11.7 Å². The standard InChI is InChI=1S/C19H24N4O3S/c1-23(15-6-4-3-5-7-15)18-12-17(20-13-21-18)19(24)22-14-8-10-16(11-9-14)27(2,25)26/h8-13,15H,3-7H2,1-2H3,(H,22,24). The summed E-state index contributed by atoms with van der Waals surface area (Å²) >= 11 is 0. The fourth-order valence-corrected chi connectivity index (χ4v) is 3.93. The zero-order valence-electron chi connectivity index (χ0n) is 15.6. The summed E-state index contributed by atoms with van der Waals surface area (Å²) < 4.78 is 23.0. The van der Waals surface area contributed by atoms with Crippen LogP contribution >= 0.6 is 0 Å². The monoisotopic (exact) mass is 388 g/mol. The molecule has 1 heterocycles. The summed E-state index contributed by atoms with van der Waals surface area (Å²) in [5.41, 5.74) is 0.781. The minimum atomic E-state index is -3.27. The van der Waals surface area contributed by atoms with Gasteiger partial charge in [0.25, 0.3) is 5.91 Å². The fourth-order valence-electron chi connectivity index (χ4n) is 3.30. The molecule has 1 N–H and O–H groups in total. The van der Waals surface area contributed by atoms with Gasteiger partial charge in [-0.05, 0) is 37.1 Å². The van der Waals surface area contributed by atoms with Crippen molar-refractivity contribution in [1.29, 1.82) is 0 Å². The molecule has 7 nitrogen and oxygen atoms in total. The zero-order valence-corrected chi connectivity index (χ0v) is 16.4. The van der Waals surface area contributed by atoms with Crippen molar-refractivity contribution in [2.75, 3.05) is 23.5 Å². The molecule has 0 atom stereocenters. The average molecular weight is 388 g/mol. The maximum absolute atomic E-state index is 12.5. The molecule has 144 valence electrons. The molecule has 1 fully saturated rings. The summed E-state index contributed by atoms with van der Waals surface area (Å²) in [4.78, 5) is 23.2. The second-order valence-corrected chi connectivity index (χ2v) is 8.93. The number of aromatic nitrogens is 2. The molecule has 0 bridgehead atoms. The van der Waals surface area contributed by atoms with Crippen LogP contribution in [0.2, 0.25) is 0 Å². The Kier molecular flexibility index (Phi) is 5.74. The second-order valence-electron chi connectivity index (χ2n) is 6.91. The smallest absolute Gasteiger partial charge is 0.274 e. The molecule has 0 saturated heterocycles. The summed E-state index contributed by atoms with van der Waals surface area (Å²) in [7, 11) is -1.26. The largest absolute Gasteiger partial charge is 0.357 e. The molecule has 1 saturated carbocycles. The third-order valence-electron chi connectivity index (χ3n) is 4.91. The fraction of sp³-hybridized carbons (Fsp3) is 0.421. The first-order valence-corrected chi connectivity index (χ1v) is 10.9. The average Bonchev–Trinajstić information content (AvgIpc) is 2.68. The quantitative estimate of drug-likeness (QED) is 0.847. The van der Waals surface area contributed by atoms with Crippen molar-refractivity contribution >= 4 is 27.2 Å². The van der Waals surface area contributed by atoms with Crippen LogP contribution in [0.3, 0.4) is 0 Å². The van der Waals surface area contributed by atoms with Gasteiger partial charge < -0.3 is 10.2 Å². The van der Waals surface area contributed by atoms with Gasteiger partial charge in [0.1, 0.15) is 17.8 Å². The van der Waals surface area contributed by atoms with Gasteiger partial charge in [-0.25, -0.2) is 18.4 Å². The molecule has 1 aliphatic rings. The molecule has 0 radical (unpaired) electrons. The molecule has 0 spiro atoms. The zero-order chi connectivity index (χ0) is 19.4. The Labute approximate surface area is 159 Å². The van der Waals surface area contributed by atoms with Crippen molar-refractivity contribution in [1.82, 2.24) is 9.97 Å². The summed E-state index contributed by atoms with van der Waals surface area (Å²) in [6.07, 6.45) is 8.53. The van der Waals surface area contributed by atoms with Crippen LogP contribution < -0.4 is 10.2 Å². The number of benzene rings is 1. The molecule has 3 rings (SSSR count). The number of rotatable bonds is 5. The van der Waals surface area contributed by atoms with Crippen molar-refractivity contribution in [3.8, 4) is 0 Å². The van der Waals surface area contributed by atoms with Crippen LogP contribution in [0.25, 0.3) is 0 Å². The van der Waals surface area contributed by atoms with E-state index >= 15 is 0 Å². The van der Waals surface area contributed by atoms with E-state index in [1.807, 2.05) is 7.05 Å². The van der Waals surface area contributed by atoms with Crippen LogP contribution in [-0.4, -0.2) is 43.6 Å². The van der Waals surface area contributed by atoms with E-state index in [-0.39, 0.29) is 16.5 Å². The number of anilines is 2. The van der Waals surface area contributed by atoms with E-state index < -0.39 is 9.84 Å². The summed E-state index contributed by atoms with van der Waals surface area (Å²) in [6.45, 7) is 0. The van der Waals surface area contributed by atoms with Crippen LogP contribution in [0.1, 0.15) is 42.6 Å². The van der Waals surface area contributed by atoms with Gasteiger partial charge in [0.15, 0.2) is 9.84 Å². The van der Waals surface area contributed by atoms with Crippen molar-refractivity contribution in [3.05, 3.63) is 42.4 Å². The van der Waals surface area contributed by atoms with Gasteiger partial charge in [0.05, 0.1) is 4.90 Å². The van der Waals surface area contributed by atoms with E-state index in [4.69, 9.17) is 0 Å². The maximum Gasteiger partial charge on any atom is 0.274 e. The lowest BCUT2D eigenvalue weighted by Gasteiger charge is -2.32. The first-order chi connectivity index (χ1) is 12.8. The van der Waals surface area contributed by atoms with Gasteiger partial charge in [-0.15, -0.1) is 0 Å². The molecule has 1 aliphatic carbocycles. The van der Waals surface area contributed by atoms with Crippen molar-refractivity contribution in [3.63, 3.8) is 0 Å². The van der Waals surface area contributed by atoms with Crippen LogP contribution in [0.5, 0.6) is 0 Å². The van der Waals surface area contributed by atoms with E-state index in [0.717, 1.165) is 24.9 Å². The van der Waals surface area contributed by atoms with Gasteiger partial charge in [-0.2, -0.15) is 0 Å². The van der Waals surface area contributed by atoms with Gasteiger partial charge in [-0.3, -0.25) is 4.79 Å².